The number of halogens is 1. The summed E-state index contributed by atoms with van der Waals surface area (Å²) in [5, 5.41) is 7.10. The van der Waals surface area contributed by atoms with E-state index in [4.69, 9.17) is 0 Å². The molecule has 0 spiro atoms. The summed E-state index contributed by atoms with van der Waals surface area (Å²) in [5.41, 5.74) is 5.71. The molecule has 1 aliphatic rings. The van der Waals surface area contributed by atoms with Crippen LogP contribution in [-0.4, -0.2) is 19.6 Å². The fourth-order valence-corrected chi connectivity index (χ4v) is 3.21. The quantitative estimate of drug-likeness (QED) is 0.794. The van der Waals surface area contributed by atoms with E-state index >= 15 is 0 Å². The number of hydrogen-bond acceptors (Lipinski definition) is 2. The highest BCUT2D eigenvalue weighted by Gasteiger charge is 2.14. The molecule has 0 bridgehead atoms. The van der Waals surface area contributed by atoms with Gasteiger partial charge < -0.3 is 10.6 Å². The summed E-state index contributed by atoms with van der Waals surface area (Å²) in [6.45, 7) is 5.53. The van der Waals surface area contributed by atoms with E-state index < -0.39 is 0 Å². The summed E-state index contributed by atoms with van der Waals surface area (Å²) in [6, 6.07) is 17.6. The lowest BCUT2D eigenvalue weighted by Gasteiger charge is -2.15. The maximum Gasteiger partial charge on any atom is 0.0343 e. The Hall–Kier alpha value is -1.51. The van der Waals surface area contributed by atoms with Crippen LogP contribution >= 0.6 is 12.4 Å². The summed E-state index contributed by atoms with van der Waals surface area (Å²) in [6.07, 6.45) is 3.45. The van der Waals surface area contributed by atoms with Crippen LogP contribution in [0.4, 0.5) is 5.69 Å². The minimum atomic E-state index is 0. The van der Waals surface area contributed by atoms with Crippen molar-refractivity contribution >= 4 is 18.1 Å². The van der Waals surface area contributed by atoms with Crippen molar-refractivity contribution in [2.75, 3.05) is 25.0 Å². The van der Waals surface area contributed by atoms with Gasteiger partial charge in [0.15, 0.2) is 0 Å². The van der Waals surface area contributed by atoms with Gasteiger partial charge in [0.25, 0.3) is 0 Å². The normalized spacial score (nSPS) is 16.8. The van der Waals surface area contributed by atoms with E-state index in [-0.39, 0.29) is 12.4 Å². The molecule has 3 heteroatoms. The molecule has 0 fully saturated rings. The third-order valence-electron chi connectivity index (χ3n) is 4.51. The molecule has 2 aromatic carbocycles. The SMILES string of the molecule is CC1CNCCc2ccc(NCCCc3ccccc3)cc21.Cl. The van der Waals surface area contributed by atoms with Gasteiger partial charge >= 0.3 is 0 Å². The molecule has 1 unspecified atom stereocenters. The van der Waals surface area contributed by atoms with Gasteiger partial charge in [-0.1, -0.05) is 43.3 Å². The number of anilines is 1. The second-order valence-electron chi connectivity index (χ2n) is 6.28. The molecule has 1 aliphatic heterocycles. The van der Waals surface area contributed by atoms with E-state index in [9.17, 15) is 0 Å². The summed E-state index contributed by atoms with van der Waals surface area (Å²) >= 11 is 0. The van der Waals surface area contributed by atoms with Crippen LogP contribution in [-0.2, 0) is 12.8 Å². The zero-order chi connectivity index (χ0) is 15.2. The first-order valence-electron chi connectivity index (χ1n) is 8.44. The first kappa shape index (κ1) is 17.8. The van der Waals surface area contributed by atoms with Crippen molar-refractivity contribution in [3.05, 3.63) is 65.2 Å². The molecule has 23 heavy (non-hydrogen) atoms. The first-order chi connectivity index (χ1) is 10.8. The van der Waals surface area contributed by atoms with Crippen molar-refractivity contribution in [3.63, 3.8) is 0 Å². The highest BCUT2D eigenvalue weighted by Crippen LogP contribution is 2.25. The monoisotopic (exact) mass is 330 g/mol. The summed E-state index contributed by atoms with van der Waals surface area (Å²) in [5.74, 6) is 0.601. The molecule has 0 aliphatic carbocycles. The Balaban J connectivity index is 0.00000192. The van der Waals surface area contributed by atoms with Crippen LogP contribution < -0.4 is 10.6 Å². The van der Waals surface area contributed by atoms with Gasteiger partial charge in [-0.05, 0) is 60.5 Å². The lowest BCUT2D eigenvalue weighted by molar-refractivity contribution is 0.644. The van der Waals surface area contributed by atoms with Crippen LogP contribution in [0.15, 0.2) is 48.5 Å². The minimum absolute atomic E-state index is 0. The Morgan fingerprint density at radius 1 is 1.13 bits per heavy atom. The average molecular weight is 331 g/mol. The molecule has 3 rings (SSSR count). The maximum atomic E-state index is 3.59. The molecule has 1 atom stereocenters. The van der Waals surface area contributed by atoms with Gasteiger partial charge in [-0.15, -0.1) is 12.4 Å². The molecular formula is C20H27ClN2. The first-order valence-corrected chi connectivity index (χ1v) is 8.44. The van der Waals surface area contributed by atoms with Gasteiger partial charge in [-0.2, -0.15) is 0 Å². The fraction of sp³-hybridized carbons (Fsp3) is 0.400. The third kappa shape index (κ3) is 4.98. The molecule has 124 valence electrons. The van der Waals surface area contributed by atoms with Gasteiger partial charge in [-0.25, -0.2) is 0 Å². The fourth-order valence-electron chi connectivity index (χ4n) is 3.21. The molecule has 2 aromatic rings. The molecule has 0 saturated carbocycles. The van der Waals surface area contributed by atoms with Gasteiger partial charge in [0.2, 0.25) is 0 Å². The number of benzene rings is 2. The largest absolute Gasteiger partial charge is 0.385 e. The van der Waals surface area contributed by atoms with Crippen molar-refractivity contribution in [2.45, 2.75) is 32.1 Å². The molecule has 1 heterocycles. The van der Waals surface area contributed by atoms with Crippen molar-refractivity contribution < 1.29 is 0 Å². The highest BCUT2D eigenvalue weighted by molar-refractivity contribution is 5.85. The summed E-state index contributed by atoms with van der Waals surface area (Å²) < 4.78 is 0. The van der Waals surface area contributed by atoms with Gasteiger partial charge in [-0.3, -0.25) is 0 Å². The van der Waals surface area contributed by atoms with E-state index in [0.29, 0.717) is 5.92 Å². The van der Waals surface area contributed by atoms with Gasteiger partial charge in [0, 0.05) is 18.8 Å². The van der Waals surface area contributed by atoms with Crippen LogP contribution in [0.1, 0.15) is 36.0 Å². The smallest absolute Gasteiger partial charge is 0.0343 e. The Labute approximate surface area is 146 Å². The van der Waals surface area contributed by atoms with Crippen molar-refractivity contribution in [1.29, 1.82) is 0 Å². The Bertz CT molecular complexity index is 598. The Kier molecular flexibility index (Phi) is 6.94. The molecule has 2 N–H and O–H groups in total. The predicted octanol–water partition coefficient (Wildman–Crippen LogP) is 4.40. The van der Waals surface area contributed by atoms with Crippen LogP contribution in [0.2, 0.25) is 0 Å². The van der Waals surface area contributed by atoms with E-state index in [1.807, 2.05) is 0 Å². The number of fused-ring (bicyclic) bond motifs is 1. The number of hydrogen-bond donors (Lipinski definition) is 2. The maximum absolute atomic E-state index is 3.59. The second-order valence-corrected chi connectivity index (χ2v) is 6.28. The lowest BCUT2D eigenvalue weighted by atomic mass is 9.95. The van der Waals surface area contributed by atoms with Crippen molar-refractivity contribution in [2.24, 2.45) is 0 Å². The standard InChI is InChI=1S/C20H26N2.ClH/c1-16-15-21-13-11-18-9-10-19(14-20(16)18)22-12-5-8-17-6-3-2-4-7-17;/h2-4,6-7,9-10,14,16,21-22H,5,8,11-13,15H2,1H3;1H. The number of nitrogens with one attached hydrogen (secondary N) is 2. The summed E-state index contributed by atoms with van der Waals surface area (Å²) in [4.78, 5) is 0. The molecule has 2 nitrogen and oxygen atoms in total. The van der Waals surface area contributed by atoms with Crippen LogP contribution in [0.3, 0.4) is 0 Å². The predicted molar refractivity (Wildman–Crippen MR) is 102 cm³/mol. The molecule has 0 saturated heterocycles. The van der Waals surface area contributed by atoms with Crippen molar-refractivity contribution in [3.8, 4) is 0 Å². The Morgan fingerprint density at radius 2 is 1.96 bits per heavy atom. The number of rotatable bonds is 5. The lowest BCUT2D eigenvalue weighted by Crippen LogP contribution is -2.18. The van der Waals surface area contributed by atoms with Crippen molar-refractivity contribution in [1.82, 2.24) is 5.32 Å². The molecule has 0 radical (unpaired) electrons. The van der Waals surface area contributed by atoms with E-state index in [2.05, 4.69) is 66.1 Å². The van der Waals surface area contributed by atoms with E-state index in [0.717, 1.165) is 38.9 Å². The molecule has 0 aromatic heterocycles. The zero-order valence-electron chi connectivity index (χ0n) is 13.8. The van der Waals surface area contributed by atoms with Gasteiger partial charge in [0.1, 0.15) is 0 Å². The van der Waals surface area contributed by atoms with E-state index in [1.54, 1.807) is 0 Å². The molecular weight excluding hydrogens is 304 g/mol. The topological polar surface area (TPSA) is 24.1 Å². The van der Waals surface area contributed by atoms with Crippen LogP contribution in [0.25, 0.3) is 0 Å². The average Bonchev–Trinajstić information content (AvgIpc) is 2.74. The second kappa shape index (κ2) is 8.95. The summed E-state index contributed by atoms with van der Waals surface area (Å²) in [7, 11) is 0. The van der Waals surface area contributed by atoms with Crippen LogP contribution in [0.5, 0.6) is 0 Å². The Morgan fingerprint density at radius 3 is 2.78 bits per heavy atom. The minimum Gasteiger partial charge on any atom is -0.385 e. The van der Waals surface area contributed by atoms with E-state index in [1.165, 1.54) is 22.4 Å². The van der Waals surface area contributed by atoms with Gasteiger partial charge in [0.05, 0.1) is 0 Å². The third-order valence-corrected chi connectivity index (χ3v) is 4.51. The number of aryl methyl sites for hydroxylation is 1. The molecule has 0 amide bonds. The highest BCUT2D eigenvalue weighted by atomic mass is 35.5. The van der Waals surface area contributed by atoms with Crippen LogP contribution in [0, 0.1) is 0 Å². The zero-order valence-corrected chi connectivity index (χ0v) is 14.7.